The van der Waals surface area contributed by atoms with E-state index in [0.717, 1.165) is 5.56 Å². The van der Waals surface area contributed by atoms with E-state index in [4.69, 9.17) is 11.6 Å². The Morgan fingerprint density at radius 3 is 2.65 bits per heavy atom. The van der Waals surface area contributed by atoms with Gasteiger partial charge in [-0.15, -0.1) is 0 Å². The number of amides is 1. The van der Waals surface area contributed by atoms with Crippen LogP contribution in [0.3, 0.4) is 0 Å². The van der Waals surface area contributed by atoms with Gasteiger partial charge in [0.2, 0.25) is 5.91 Å². The largest absolute Gasteiger partial charge is 0.309 e. The molecular formula is C12H10ClN3O. The molecule has 0 spiro atoms. The van der Waals surface area contributed by atoms with Crippen LogP contribution in [0.1, 0.15) is 5.56 Å². The van der Waals surface area contributed by atoms with Crippen LogP contribution in [0.15, 0.2) is 42.9 Å². The average molecular weight is 248 g/mol. The number of nitrogens with zero attached hydrogens (tertiary/aromatic N) is 2. The summed E-state index contributed by atoms with van der Waals surface area (Å²) in [7, 11) is 0. The lowest BCUT2D eigenvalue weighted by atomic mass is 10.1. The smallest absolute Gasteiger partial charge is 0.229 e. The zero-order chi connectivity index (χ0) is 12.1. The normalized spacial score (nSPS) is 9.94. The van der Waals surface area contributed by atoms with Crippen LogP contribution in [0.25, 0.3) is 0 Å². The molecule has 5 heteroatoms. The lowest BCUT2D eigenvalue weighted by molar-refractivity contribution is -0.115. The second-order valence-corrected chi connectivity index (χ2v) is 3.88. The molecule has 0 radical (unpaired) electrons. The zero-order valence-corrected chi connectivity index (χ0v) is 9.69. The maximum atomic E-state index is 11.7. The van der Waals surface area contributed by atoms with Crippen LogP contribution in [0.2, 0.25) is 5.02 Å². The summed E-state index contributed by atoms with van der Waals surface area (Å²) in [4.78, 5) is 19.5. The van der Waals surface area contributed by atoms with E-state index in [1.54, 1.807) is 18.3 Å². The minimum absolute atomic E-state index is 0.132. The molecule has 1 heterocycles. The van der Waals surface area contributed by atoms with Gasteiger partial charge in [0.1, 0.15) is 0 Å². The molecule has 86 valence electrons. The van der Waals surface area contributed by atoms with Crippen LogP contribution in [0.4, 0.5) is 5.82 Å². The first-order chi connectivity index (χ1) is 8.24. The van der Waals surface area contributed by atoms with Gasteiger partial charge in [0.25, 0.3) is 0 Å². The first-order valence-electron chi connectivity index (χ1n) is 5.04. The number of nitrogens with one attached hydrogen (secondary N) is 1. The monoisotopic (exact) mass is 247 g/mol. The lowest BCUT2D eigenvalue weighted by Gasteiger charge is -2.03. The molecule has 17 heavy (non-hydrogen) atoms. The van der Waals surface area contributed by atoms with E-state index in [1.807, 2.05) is 12.1 Å². The van der Waals surface area contributed by atoms with Gasteiger partial charge in [-0.1, -0.05) is 23.7 Å². The number of halogens is 1. The van der Waals surface area contributed by atoms with Crippen molar-refractivity contribution in [2.75, 3.05) is 5.32 Å². The fourth-order valence-corrected chi connectivity index (χ4v) is 1.46. The van der Waals surface area contributed by atoms with Gasteiger partial charge in [0.15, 0.2) is 5.82 Å². The summed E-state index contributed by atoms with van der Waals surface area (Å²) in [5.74, 6) is 0.319. The molecule has 0 atom stereocenters. The third kappa shape index (κ3) is 3.53. The molecule has 0 saturated carbocycles. The highest BCUT2D eigenvalue weighted by molar-refractivity contribution is 6.30. The predicted molar refractivity (Wildman–Crippen MR) is 65.8 cm³/mol. The molecule has 0 unspecified atom stereocenters. The molecule has 0 aliphatic rings. The van der Waals surface area contributed by atoms with E-state index in [1.165, 1.54) is 12.4 Å². The number of carbonyl (C=O) groups is 1. The van der Waals surface area contributed by atoms with E-state index in [9.17, 15) is 4.79 Å². The molecule has 1 amide bonds. The molecule has 1 N–H and O–H groups in total. The lowest BCUT2D eigenvalue weighted by Crippen LogP contribution is -2.15. The van der Waals surface area contributed by atoms with Crippen LogP contribution in [-0.2, 0) is 11.2 Å². The minimum Gasteiger partial charge on any atom is -0.309 e. The maximum absolute atomic E-state index is 11.7. The number of carbonyl (C=O) groups excluding carboxylic acids is 1. The second-order valence-electron chi connectivity index (χ2n) is 3.44. The number of benzene rings is 1. The maximum Gasteiger partial charge on any atom is 0.229 e. The number of hydrogen-bond donors (Lipinski definition) is 1. The van der Waals surface area contributed by atoms with Gasteiger partial charge in [0.05, 0.1) is 12.6 Å². The summed E-state index contributed by atoms with van der Waals surface area (Å²) in [5.41, 5.74) is 0.899. The second kappa shape index (κ2) is 5.41. The Balaban J connectivity index is 1.96. The van der Waals surface area contributed by atoms with Crippen molar-refractivity contribution < 1.29 is 4.79 Å². The van der Waals surface area contributed by atoms with E-state index in [0.29, 0.717) is 10.8 Å². The van der Waals surface area contributed by atoms with E-state index in [2.05, 4.69) is 15.3 Å². The third-order valence-corrected chi connectivity index (χ3v) is 2.36. The molecule has 1 aromatic carbocycles. The summed E-state index contributed by atoms with van der Waals surface area (Å²) in [6.45, 7) is 0. The Bertz CT molecular complexity index is 499. The van der Waals surface area contributed by atoms with E-state index in [-0.39, 0.29) is 12.3 Å². The van der Waals surface area contributed by atoms with Crippen molar-refractivity contribution in [1.29, 1.82) is 0 Å². The number of anilines is 1. The van der Waals surface area contributed by atoms with Crippen molar-refractivity contribution in [2.24, 2.45) is 0 Å². The minimum atomic E-state index is -0.132. The molecule has 2 rings (SSSR count). The highest BCUT2D eigenvalue weighted by atomic mass is 35.5. The molecular weight excluding hydrogens is 238 g/mol. The van der Waals surface area contributed by atoms with Crippen molar-refractivity contribution in [3.05, 3.63) is 53.4 Å². The Labute approximate surface area is 104 Å². The Morgan fingerprint density at radius 2 is 2.00 bits per heavy atom. The zero-order valence-electron chi connectivity index (χ0n) is 8.93. The van der Waals surface area contributed by atoms with Crippen LogP contribution < -0.4 is 5.32 Å². The third-order valence-electron chi connectivity index (χ3n) is 2.11. The van der Waals surface area contributed by atoms with E-state index >= 15 is 0 Å². The van der Waals surface area contributed by atoms with Crippen molar-refractivity contribution in [3.63, 3.8) is 0 Å². The average Bonchev–Trinajstić information content (AvgIpc) is 2.33. The Hall–Kier alpha value is -1.94. The molecule has 0 aliphatic carbocycles. The van der Waals surface area contributed by atoms with Gasteiger partial charge >= 0.3 is 0 Å². The van der Waals surface area contributed by atoms with Crippen molar-refractivity contribution >= 4 is 23.3 Å². The number of hydrogen-bond acceptors (Lipinski definition) is 3. The summed E-state index contributed by atoms with van der Waals surface area (Å²) < 4.78 is 0. The molecule has 0 saturated heterocycles. The Kier molecular flexibility index (Phi) is 3.67. The first kappa shape index (κ1) is 11.5. The molecule has 0 aliphatic heterocycles. The van der Waals surface area contributed by atoms with Crippen LogP contribution >= 0.6 is 11.6 Å². The SMILES string of the molecule is O=C(Cc1ccc(Cl)cc1)Nc1cnccn1. The van der Waals surface area contributed by atoms with Gasteiger partial charge in [-0.25, -0.2) is 4.98 Å². The number of aromatic nitrogens is 2. The molecule has 0 fully saturated rings. The molecule has 1 aromatic heterocycles. The van der Waals surface area contributed by atoms with Crippen molar-refractivity contribution in [1.82, 2.24) is 9.97 Å². The van der Waals surface area contributed by atoms with Crippen molar-refractivity contribution in [2.45, 2.75) is 6.42 Å². The number of rotatable bonds is 3. The summed E-state index contributed by atoms with van der Waals surface area (Å²) in [6.07, 6.45) is 4.86. The molecule has 4 nitrogen and oxygen atoms in total. The molecule has 2 aromatic rings. The van der Waals surface area contributed by atoms with Gasteiger partial charge in [-0.3, -0.25) is 9.78 Å². The van der Waals surface area contributed by atoms with Crippen LogP contribution in [0.5, 0.6) is 0 Å². The van der Waals surface area contributed by atoms with Gasteiger partial charge in [0, 0.05) is 17.4 Å². The topological polar surface area (TPSA) is 54.9 Å². The van der Waals surface area contributed by atoms with E-state index < -0.39 is 0 Å². The fraction of sp³-hybridized carbons (Fsp3) is 0.0833. The van der Waals surface area contributed by atoms with Gasteiger partial charge in [-0.05, 0) is 17.7 Å². The summed E-state index contributed by atoms with van der Waals surface area (Å²) in [5, 5.41) is 3.32. The van der Waals surface area contributed by atoms with Gasteiger partial charge in [-0.2, -0.15) is 0 Å². The summed E-state index contributed by atoms with van der Waals surface area (Å²) >= 11 is 5.76. The first-order valence-corrected chi connectivity index (χ1v) is 5.42. The van der Waals surface area contributed by atoms with Crippen molar-refractivity contribution in [3.8, 4) is 0 Å². The van der Waals surface area contributed by atoms with Gasteiger partial charge < -0.3 is 5.32 Å². The quantitative estimate of drug-likeness (QED) is 0.906. The highest BCUT2D eigenvalue weighted by Gasteiger charge is 2.04. The predicted octanol–water partition coefficient (Wildman–Crippen LogP) is 2.31. The standard InChI is InChI=1S/C12H10ClN3O/c13-10-3-1-9(2-4-10)7-12(17)16-11-8-14-5-6-15-11/h1-6,8H,7H2,(H,15,16,17). The summed E-state index contributed by atoms with van der Waals surface area (Å²) in [6, 6.07) is 7.15. The Morgan fingerprint density at radius 1 is 1.24 bits per heavy atom. The highest BCUT2D eigenvalue weighted by Crippen LogP contribution is 2.10. The molecule has 0 bridgehead atoms. The van der Waals surface area contributed by atoms with Crippen LogP contribution in [0, 0.1) is 0 Å². The van der Waals surface area contributed by atoms with Crippen LogP contribution in [-0.4, -0.2) is 15.9 Å². The fourth-order valence-electron chi connectivity index (χ4n) is 1.34.